The Balaban J connectivity index is 2.02. The molecule has 1 fully saturated rings. The van der Waals surface area contributed by atoms with Gasteiger partial charge in [0.25, 0.3) is 5.91 Å². The molecule has 1 aliphatic heterocycles. The number of hydrogen-bond donors (Lipinski definition) is 1. The van der Waals surface area contributed by atoms with Crippen molar-refractivity contribution in [1.82, 2.24) is 0 Å². The molecule has 16 heavy (non-hydrogen) atoms. The van der Waals surface area contributed by atoms with Gasteiger partial charge in [0.1, 0.15) is 11.9 Å². The minimum absolute atomic E-state index is 0.194. The first-order valence-corrected chi connectivity index (χ1v) is 5.35. The number of carbonyl (C=O) groups is 1. The van der Waals surface area contributed by atoms with Crippen LogP contribution in [0, 0.1) is 12.7 Å². The molecule has 1 atom stereocenters. The van der Waals surface area contributed by atoms with E-state index in [1.165, 1.54) is 6.07 Å². The van der Waals surface area contributed by atoms with Gasteiger partial charge in [0.15, 0.2) is 0 Å². The molecule has 3 nitrogen and oxygen atoms in total. The number of ether oxygens (including phenoxy) is 1. The van der Waals surface area contributed by atoms with E-state index in [1.54, 1.807) is 19.1 Å². The zero-order valence-corrected chi connectivity index (χ0v) is 9.13. The molecule has 1 saturated heterocycles. The van der Waals surface area contributed by atoms with Crippen molar-refractivity contribution in [2.45, 2.75) is 25.9 Å². The van der Waals surface area contributed by atoms with Crippen LogP contribution in [0.1, 0.15) is 18.4 Å². The Kier molecular flexibility index (Phi) is 3.19. The summed E-state index contributed by atoms with van der Waals surface area (Å²) in [6.45, 7) is 2.31. The van der Waals surface area contributed by atoms with Gasteiger partial charge in [-0.2, -0.15) is 0 Å². The maximum atomic E-state index is 13.2. The molecular formula is C12H14FNO2. The fourth-order valence-corrected chi connectivity index (χ4v) is 1.68. The summed E-state index contributed by atoms with van der Waals surface area (Å²) < 4.78 is 18.5. The van der Waals surface area contributed by atoms with Crippen LogP contribution in [0.3, 0.4) is 0 Å². The second kappa shape index (κ2) is 4.61. The molecule has 1 N–H and O–H groups in total. The van der Waals surface area contributed by atoms with Gasteiger partial charge in [-0.05, 0) is 37.5 Å². The fraction of sp³-hybridized carbons (Fsp3) is 0.417. The average Bonchev–Trinajstić information content (AvgIpc) is 2.77. The molecular weight excluding hydrogens is 209 g/mol. The van der Waals surface area contributed by atoms with Gasteiger partial charge in [0.2, 0.25) is 0 Å². The van der Waals surface area contributed by atoms with Crippen molar-refractivity contribution in [3.8, 4) is 0 Å². The topological polar surface area (TPSA) is 38.3 Å². The summed E-state index contributed by atoms with van der Waals surface area (Å²) >= 11 is 0. The predicted molar refractivity (Wildman–Crippen MR) is 58.7 cm³/mol. The first-order chi connectivity index (χ1) is 7.66. The van der Waals surface area contributed by atoms with Crippen LogP contribution in [0.25, 0.3) is 0 Å². The molecule has 0 saturated carbocycles. The highest BCUT2D eigenvalue weighted by molar-refractivity contribution is 5.94. The number of aryl methyl sites for hydroxylation is 1. The van der Waals surface area contributed by atoms with Gasteiger partial charge in [-0.1, -0.05) is 6.07 Å². The molecule has 0 unspecified atom stereocenters. The SMILES string of the molecule is Cc1ccc(NC(=O)[C@@H]2CCCO2)cc1F. The van der Waals surface area contributed by atoms with E-state index in [0.29, 0.717) is 17.9 Å². The molecule has 0 aromatic heterocycles. The normalized spacial score (nSPS) is 19.8. The van der Waals surface area contributed by atoms with Gasteiger partial charge in [-0.25, -0.2) is 4.39 Å². The molecule has 0 radical (unpaired) electrons. The maximum absolute atomic E-state index is 13.2. The molecule has 2 rings (SSSR count). The van der Waals surface area contributed by atoms with E-state index in [4.69, 9.17) is 4.74 Å². The van der Waals surface area contributed by atoms with E-state index in [2.05, 4.69) is 5.32 Å². The third-order valence-electron chi connectivity index (χ3n) is 2.66. The molecule has 0 aliphatic carbocycles. The monoisotopic (exact) mass is 223 g/mol. The number of rotatable bonds is 2. The maximum Gasteiger partial charge on any atom is 0.253 e. The lowest BCUT2D eigenvalue weighted by molar-refractivity contribution is -0.124. The molecule has 4 heteroatoms. The van der Waals surface area contributed by atoms with Crippen LogP contribution in [0.4, 0.5) is 10.1 Å². The van der Waals surface area contributed by atoms with E-state index in [-0.39, 0.29) is 17.8 Å². The largest absolute Gasteiger partial charge is 0.368 e. The van der Waals surface area contributed by atoms with Crippen molar-refractivity contribution in [2.75, 3.05) is 11.9 Å². The standard InChI is InChI=1S/C12H14FNO2/c1-8-4-5-9(7-10(8)13)14-12(15)11-3-2-6-16-11/h4-5,7,11H,2-3,6H2,1H3,(H,14,15)/t11-/m0/s1. The van der Waals surface area contributed by atoms with Crippen LogP contribution >= 0.6 is 0 Å². The first-order valence-electron chi connectivity index (χ1n) is 5.35. The van der Waals surface area contributed by atoms with Crippen LogP contribution in [0.15, 0.2) is 18.2 Å². The van der Waals surface area contributed by atoms with Gasteiger partial charge in [0.05, 0.1) is 0 Å². The summed E-state index contributed by atoms with van der Waals surface area (Å²) in [5, 5.41) is 2.65. The molecule has 1 amide bonds. The second-order valence-electron chi connectivity index (χ2n) is 3.95. The molecule has 1 aromatic carbocycles. The fourth-order valence-electron chi connectivity index (χ4n) is 1.68. The van der Waals surface area contributed by atoms with Gasteiger partial charge in [0, 0.05) is 12.3 Å². The van der Waals surface area contributed by atoms with Gasteiger partial charge >= 0.3 is 0 Å². The van der Waals surface area contributed by atoms with E-state index in [1.807, 2.05) is 0 Å². The molecule has 0 bridgehead atoms. The average molecular weight is 223 g/mol. The Morgan fingerprint density at radius 2 is 2.38 bits per heavy atom. The third kappa shape index (κ3) is 2.39. The van der Waals surface area contributed by atoms with Gasteiger partial charge in [-0.3, -0.25) is 4.79 Å². The van der Waals surface area contributed by atoms with Crippen molar-refractivity contribution in [2.24, 2.45) is 0 Å². The summed E-state index contributed by atoms with van der Waals surface area (Å²) in [7, 11) is 0. The van der Waals surface area contributed by atoms with Crippen molar-refractivity contribution in [3.05, 3.63) is 29.6 Å². The quantitative estimate of drug-likeness (QED) is 0.835. The number of carbonyl (C=O) groups excluding carboxylic acids is 1. The smallest absolute Gasteiger partial charge is 0.253 e. The van der Waals surface area contributed by atoms with Crippen molar-refractivity contribution in [3.63, 3.8) is 0 Å². The Morgan fingerprint density at radius 1 is 1.56 bits per heavy atom. The summed E-state index contributed by atoms with van der Waals surface area (Å²) in [5.74, 6) is -0.508. The number of amides is 1. The number of halogens is 1. The number of nitrogens with one attached hydrogen (secondary N) is 1. The number of hydrogen-bond acceptors (Lipinski definition) is 2. The zero-order valence-electron chi connectivity index (χ0n) is 9.13. The lowest BCUT2D eigenvalue weighted by atomic mass is 10.2. The molecule has 86 valence electrons. The Morgan fingerprint density at radius 3 is 3.00 bits per heavy atom. The van der Waals surface area contributed by atoms with Gasteiger partial charge < -0.3 is 10.1 Å². The lowest BCUT2D eigenvalue weighted by Gasteiger charge is -2.10. The van der Waals surface area contributed by atoms with Crippen LogP contribution < -0.4 is 5.32 Å². The molecule has 1 aliphatic rings. The number of anilines is 1. The summed E-state index contributed by atoms with van der Waals surface area (Å²) in [5.41, 5.74) is 1.04. The summed E-state index contributed by atoms with van der Waals surface area (Å²) in [4.78, 5) is 11.7. The molecule has 1 heterocycles. The van der Waals surface area contributed by atoms with Crippen LogP contribution in [0.5, 0.6) is 0 Å². The number of benzene rings is 1. The molecule has 0 spiro atoms. The second-order valence-corrected chi connectivity index (χ2v) is 3.95. The summed E-state index contributed by atoms with van der Waals surface area (Å²) in [6.07, 6.45) is 1.25. The highest BCUT2D eigenvalue weighted by atomic mass is 19.1. The highest BCUT2D eigenvalue weighted by Crippen LogP contribution is 2.17. The van der Waals surface area contributed by atoms with Crippen molar-refractivity contribution in [1.29, 1.82) is 0 Å². The Labute approximate surface area is 93.6 Å². The zero-order chi connectivity index (χ0) is 11.5. The minimum Gasteiger partial charge on any atom is -0.368 e. The van der Waals surface area contributed by atoms with E-state index >= 15 is 0 Å². The lowest BCUT2D eigenvalue weighted by Crippen LogP contribution is -2.26. The first kappa shape index (κ1) is 11.1. The van der Waals surface area contributed by atoms with E-state index in [9.17, 15) is 9.18 Å². The van der Waals surface area contributed by atoms with Crippen molar-refractivity contribution >= 4 is 11.6 Å². The Bertz CT molecular complexity index is 400. The predicted octanol–water partition coefficient (Wildman–Crippen LogP) is 2.25. The van der Waals surface area contributed by atoms with Crippen LogP contribution in [0.2, 0.25) is 0 Å². The van der Waals surface area contributed by atoms with E-state index < -0.39 is 0 Å². The minimum atomic E-state index is -0.385. The van der Waals surface area contributed by atoms with Crippen molar-refractivity contribution < 1.29 is 13.9 Å². The van der Waals surface area contributed by atoms with Crippen LogP contribution in [-0.2, 0) is 9.53 Å². The van der Waals surface area contributed by atoms with E-state index in [0.717, 1.165) is 12.8 Å². The summed E-state index contributed by atoms with van der Waals surface area (Å²) in [6, 6.07) is 4.65. The van der Waals surface area contributed by atoms with Gasteiger partial charge in [-0.15, -0.1) is 0 Å². The molecule has 1 aromatic rings. The van der Waals surface area contributed by atoms with Crippen LogP contribution in [-0.4, -0.2) is 18.6 Å². The highest BCUT2D eigenvalue weighted by Gasteiger charge is 2.23. The third-order valence-corrected chi connectivity index (χ3v) is 2.66. The Hall–Kier alpha value is -1.42.